The number of unbranched alkanes of at least 4 members (excludes halogenated alkanes) is 6. The molecule has 1 rings (SSSR count). The summed E-state index contributed by atoms with van der Waals surface area (Å²) < 4.78 is 0. The fourth-order valence-electron chi connectivity index (χ4n) is 2.81. The summed E-state index contributed by atoms with van der Waals surface area (Å²) in [4.78, 5) is 2.25. The molecule has 1 aliphatic heterocycles. The van der Waals surface area contributed by atoms with Crippen molar-refractivity contribution in [2.24, 2.45) is 0 Å². The van der Waals surface area contributed by atoms with E-state index in [0.717, 1.165) is 6.54 Å². The molecular formula is C15H30ClNO2. The maximum absolute atomic E-state index is 9.72. The lowest BCUT2D eigenvalue weighted by Crippen LogP contribution is -2.52. The van der Waals surface area contributed by atoms with Gasteiger partial charge in [-0.15, -0.1) is 11.6 Å². The molecule has 1 aliphatic rings. The third kappa shape index (κ3) is 6.44. The number of piperidine rings is 1. The van der Waals surface area contributed by atoms with Crippen molar-refractivity contribution >= 4 is 11.6 Å². The molecule has 0 amide bonds. The maximum Gasteiger partial charge on any atom is 0.0732 e. The van der Waals surface area contributed by atoms with Gasteiger partial charge in [0.2, 0.25) is 0 Å². The molecule has 19 heavy (non-hydrogen) atoms. The Morgan fingerprint density at radius 1 is 1.11 bits per heavy atom. The van der Waals surface area contributed by atoms with Gasteiger partial charge >= 0.3 is 0 Å². The van der Waals surface area contributed by atoms with Crippen molar-refractivity contribution in [3.05, 3.63) is 0 Å². The predicted molar refractivity (Wildman–Crippen MR) is 80.7 cm³/mol. The number of aliphatic hydroxyl groups excluding tert-OH is 2. The van der Waals surface area contributed by atoms with Crippen molar-refractivity contribution in [3.63, 3.8) is 0 Å². The third-order valence-electron chi connectivity index (χ3n) is 4.12. The number of hydrogen-bond donors (Lipinski definition) is 2. The van der Waals surface area contributed by atoms with Crippen molar-refractivity contribution < 1.29 is 10.2 Å². The lowest BCUT2D eigenvalue weighted by molar-refractivity contribution is 0.0195. The minimum atomic E-state index is -0.468. The van der Waals surface area contributed by atoms with Crippen LogP contribution in [0, 0.1) is 0 Å². The van der Waals surface area contributed by atoms with Gasteiger partial charge in [0.05, 0.1) is 18.1 Å². The van der Waals surface area contributed by atoms with Gasteiger partial charge in [-0.05, 0) is 19.4 Å². The first-order valence-electron chi connectivity index (χ1n) is 7.86. The second kappa shape index (κ2) is 9.98. The van der Waals surface area contributed by atoms with Crippen LogP contribution in [0.5, 0.6) is 0 Å². The van der Waals surface area contributed by atoms with Crippen LogP contribution in [0.1, 0.15) is 58.3 Å². The first kappa shape index (κ1) is 17.2. The van der Waals surface area contributed by atoms with Gasteiger partial charge in [-0.1, -0.05) is 45.4 Å². The fraction of sp³-hybridized carbons (Fsp3) is 1.00. The normalized spacial score (nSPS) is 28.7. The number of alkyl halides is 1. The summed E-state index contributed by atoms with van der Waals surface area (Å²) >= 11 is 6.11. The van der Waals surface area contributed by atoms with Gasteiger partial charge in [-0.3, -0.25) is 4.90 Å². The molecule has 114 valence electrons. The minimum Gasteiger partial charge on any atom is -0.395 e. The lowest BCUT2D eigenvalue weighted by Gasteiger charge is -2.39. The van der Waals surface area contributed by atoms with Crippen LogP contribution in [0.3, 0.4) is 0 Å². The topological polar surface area (TPSA) is 43.7 Å². The molecule has 3 atom stereocenters. The second-order valence-electron chi connectivity index (χ2n) is 5.77. The average molecular weight is 292 g/mol. The van der Waals surface area contributed by atoms with E-state index in [-0.39, 0.29) is 18.0 Å². The Morgan fingerprint density at radius 3 is 2.37 bits per heavy atom. The molecule has 2 unspecified atom stereocenters. The van der Waals surface area contributed by atoms with Crippen molar-refractivity contribution in [1.29, 1.82) is 0 Å². The van der Waals surface area contributed by atoms with Crippen LogP contribution in [0.25, 0.3) is 0 Å². The lowest BCUT2D eigenvalue weighted by atomic mass is 9.99. The van der Waals surface area contributed by atoms with Gasteiger partial charge in [0, 0.05) is 12.6 Å². The Bertz CT molecular complexity index is 228. The highest BCUT2D eigenvalue weighted by atomic mass is 35.5. The fourth-order valence-corrected chi connectivity index (χ4v) is 3.09. The number of hydrogen-bond acceptors (Lipinski definition) is 3. The van der Waals surface area contributed by atoms with Crippen molar-refractivity contribution in [1.82, 2.24) is 4.90 Å². The summed E-state index contributed by atoms with van der Waals surface area (Å²) in [6, 6.07) is 0.0880. The number of rotatable bonds is 9. The first-order valence-corrected chi connectivity index (χ1v) is 8.29. The first-order chi connectivity index (χ1) is 9.19. The maximum atomic E-state index is 9.72. The molecule has 0 spiro atoms. The quantitative estimate of drug-likeness (QED) is 0.507. The van der Waals surface area contributed by atoms with Crippen LogP contribution >= 0.6 is 11.6 Å². The highest BCUT2D eigenvalue weighted by molar-refractivity contribution is 6.21. The van der Waals surface area contributed by atoms with Gasteiger partial charge in [-0.25, -0.2) is 0 Å². The van der Waals surface area contributed by atoms with E-state index in [1.54, 1.807) is 0 Å². The molecule has 3 nitrogen and oxygen atoms in total. The van der Waals surface area contributed by atoms with Crippen LogP contribution < -0.4 is 0 Å². The molecule has 4 heteroatoms. The summed E-state index contributed by atoms with van der Waals surface area (Å²) in [5.74, 6) is 0. The Kier molecular flexibility index (Phi) is 9.04. The van der Waals surface area contributed by atoms with Gasteiger partial charge in [0.15, 0.2) is 0 Å². The number of likely N-dealkylation sites (tertiary alicyclic amines) is 1. The smallest absolute Gasteiger partial charge is 0.0732 e. The second-order valence-corrected chi connectivity index (χ2v) is 6.33. The minimum absolute atomic E-state index is 0.0880. The molecule has 0 aliphatic carbocycles. The standard InChI is InChI=1S/C15H30ClNO2/c1-2-3-4-5-6-7-8-9-17-11-14(16)15(19)10-13(17)12-18/h13-15,18-19H,2-12H2,1H3/t13?,14-,15?/m0/s1. The zero-order chi connectivity index (χ0) is 14.1. The molecule has 1 fully saturated rings. The Hall–Kier alpha value is 0.170. The van der Waals surface area contributed by atoms with Crippen LogP contribution in [0.4, 0.5) is 0 Å². The van der Waals surface area contributed by atoms with E-state index in [1.807, 2.05) is 0 Å². The molecular weight excluding hydrogens is 262 g/mol. The molecule has 2 N–H and O–H groups in total. The van der Waals surface area contributed by atoms with Crippen molar-refractivity contribution in [2.45, 2.75) is 75.8 Å². The summed E-state index contributed by atoms with van der Waals surface area (Å²) in [6.45, 7) is 4.05. The van der Waals surface area contributed by atoms with Crippen LogP contribution in [0.2, 0.25) is 0 Å². The zero-order valence-electron chi connectivity index (χ0n) is 12.2. The van der Waals surface area contributed by atoms with Crippen molar-refractivity contribution in [3.8, 4) is 0 Å². The summed E-state index contributed by atoms with van der Waals surface area (Å²) in [7, 11) is 0. The highest BCUT2D eigenvalue weighted by Crippen LogP contribution is 2.22. The number of nitrogens with zero attached hydrogens (tertiary/aromatic N) is 1. The highest BCUT2D eigenvalue weighted by Gasteiger charge is 2.32. The Morgan fingerprint density at radius 2 is 1.74 bits per heavy atom. The number of halogens is 1. The van der Waals surface area contributed by atoms with Crippen molar-refractivity contribution in [2.75, 3.05) is 19.7 Å². The van der Waals surface area contributed by atoms with Crippen LogP contribution in [-0.4, -0.2) is 52.3 Å². The van der Waals surface area contributed by atoms with Gasteiger partial charge in [0.1, 0.15) is 0 Å². The van der Waals surface area contributed by atoms with Gasteiger partial charge in [0.25, 0.3) is 0 Å². The van der Waals surface area contributed by atoms with E-state index < -0.39 is 6.10 Å². The van der Waals surface area contributed by atoms with Gasteiger partial charge in [-0.2, -0.15) is 0 Å². The SMILES string of the molecule is CCCCCCCCCN1C[C@H](Cl)C(O)CC1CO. The van der Waals surface area contributed by atoms with E-state index in [0.29, 0.717) is 13.0 Å². The third-order valence-corrected chi connectivity index (χ3v) is 4.54. The van der Waals surface area contributed by atoms with Crippen LogP contribution in [-0.2, 0) is 0 Å². The van der Waals surface area contributed by atoms with E-state index >= 15 is 0 Å². The molecule has 0 bridgehead atoms. The molecule has 0 aromatic carbocycles. The average Bonchev–Trinajstić information content (AvgIpc) is 2.41. The molecule has 0 radical (unpaired) electrons. The van der Waals surface area contributed by atoms with E-state index in [1.165, 1.54) is 44.9 Å². The summed E-state index contributed by atoms with van der Waals surface area (Å²) in [5.41, 5.74) is 0. The molecule has 1 heterocycles. The predicted octanol–water partition coefficient (Wildman–Crippen LogP) is 2.77. The summed E-state index contributed by atoms with van der Waals surface area (Å²) in [6.07, 6.45) is 9.21. The molecule has 0 aromatic heterocycles. The summed E-state index contributed by atoms with van der Waals surface area (Å²) in [5, 5.41) is 18.9. The monoisotopic (exact) mass is 291 g/mol. The van der Waals surface area contributed by atoms with E-state index in [4.69, 9.17) is 11.6 Å². The zero-order valence-corrected chi connectivity index (χ0v) is 13.0. The van der Waals surface area contributed by atoms with Gasteiger partial charge < -0.3 is 10.2 Å². The molecule has 0 saturated carbocycles. The van der Waals surface area contributed by atoms with Crippen LogP contribution in [0.15, 0.2) is 0 Å². The molecule has 0 aromatic rings. The Balaban J connectivity index is 2.13. The largest absolute Gasteiger partial charge is 0.395 e. The number of aliphatic hydroxyl groups is 2. The van der Waals surface area contributed by atoms with E-state index in [2.05, 4.69) is 11.8 Å². The van der Waals surface area contributed by atoms with E-state index in [9.17, 15) is 10.2 Å². The Labute approximate surface area is 122 Å². The molecule has 1 saturated heterocycles.